The number of carbonyl (C=O) groups is 1. The smallest absolute Gasteiger partial charge is 0.282 e. The van der Waals surface area contributed by atoms with Crippen LogP contribution in [-0.4, -0.2) is 35.0 Å². The zero-order chi connectivity index (χ0) is 27.4. The monoisotopic (exact) mass is 532 g/mol. The number of fused-ring (bicyclic) bond motifs is 1. The van der Waals surface area contributed by atoms with Gasteiger partial charge >= 0.3 is 0 Å². The lowest BCUT2D eigenvalue weighted by Crippen LogP contribution is -2.21. The molecule has 4 aromatic rings. The number of nitrogens with zero attached hydrogens (tertiary/aromatic N) is 3. The Labute approximate surface area is 225 Å². The molecule has 2 N–H and O–H groups in total. The molecule has 1 amide bonds. The normalized spacial score (nSPS) is 11.4. The summed E-state index contributed by atoms with van der Waals surface area (Å²) >= 11 is 6.20. The third-order valence-corrected chi connectivity index (χ3v) is 6.16. The van der Waals surface area contributed by atoms with Crippen molar-refractivity contribution in [1.29, 1.82) is 0 Å². The van der Waals surface area contributed by atoms with Crippen LogP contribution in [0.2, 0.25) is 5.02 Å². The highest BCUT2D eigenvalue weighted by Crippen LogP contribution is 2.34. The second kappa shape index (κ2) is 11.5. The van der Waals surface area contributed by atoms with E-state index in [4.69, 9.17) is 31.8 Å². The largest absolute Gasteiger partial charge is 0.494 e. The Bertz CT molecular complexity index is 1590. The third kappa shape index (κ3) is 5.70. The highest BCUT2D eigenvalue weighted by molar-refractivity contribution is 6.30. The fourth-order valence-electron chi connectivity index (χ4n) is 4.10. The summed E-state index contributed by atoms with van der Waals surface area (Å²) in [4.78, 5) is 29.8. The summed E-state index contributed by atoms with van der Waals surface area (Å²) in [6, 6.07) is 16.0. The molecule has 1 aromatic heterocycles. The highest BCUT2D eigenvalue weighted by atomic mass is 35.5. The van der Waals surface area contributed by atoms with Gasteiger partial charge in [-0.05, 0) is 73.4 Å². The quantitative estimate of drug-likeness (QED) is 0.294. The maximum atomic E-state index is 13.7. The number of halogens is 1. The van der Waals surface area contributed by atoms with Crippen LogP contribution in [0.1, 0.15) is 43.4 Å². The fourth-order valence-corrected chi connectivity index (χ4v) is 4.28. The molecule has 0 aliphatic carbocycles. The van der Waals surface area contributed by atoms with E-state index in [9.17, 15) is 9.59 Å². The first-order chi connectivity index (χ1) is 18.2. The SMILES string of the molecule is CCOc1cc(C)c(-c2nc3ccccc3c(=O)n2N=Cc2cc(Cl)ccc2OCC(N)=O)cc1C(C)C. The first-order valence-electron chi connectivity index (χ1n) is 12.2. The van der Waals surface area contributed by atoms with Crippen LogP contribution >= 0.6 is 11.6 Å². The molecule has 0 radical (unpaired) electrons. The third-order valence-electron chi connectivity index (χ3n) is 5.93. The van der Waals surface area contributed by atoms with Crippen molar-refractivity contribution in [2.75, 3.05) is 13.2 Å². The van der Waals surface area contributed by atoms with E-state index in [2.05, 4.69) is 18.9 Å². The van der Waals surface area contributed by atoms with Gasteiger partial charge in [-0.15, -0.1) is 0 Å². The number of benzene rings is 3. The molecule has 0 aliphatic rings. The number of carbonyl (C=O) groups excluding carboxylic acids is 1. The maximum absolute atomic E-state index is 13.7. The Hall–Kier alpha value is -4.17. The number of hydrogen-bond donors (Lipinski definition) is 1. The van der Waals surface area contributed by atoms with Gasteiger partial charge in [-0.2, -0.15) is 9.78 Å². The Morgan fingerprint density at radius 1 is 1.13 bits per heavy atom. The van der Waals surface area contributed by atoms with Crippen LogP contribution in [0, 0.1) is 6.92 Å². The van der Waals surface area contributed by atoms with Gasteiger partial charge in [0.05, 0.1) is 23.7 Å². The van der Waals surface area contributed by atoms with E-state index in [0.29, 0.717) is 39.7 Å². The van der Waals surface area contributed by atoms with Crippen LogP contribution in [0.4, 0.5) is 0 Å². The molecule has 3 aromatic carbocycles. The van der Waals surface area contributed by atoms with Crippen molar-refractivity contribution >= 4 is 34.6 Å². The van der Waals surface area contributed by atoms with Crippen molar-refractivity contribution < 1.29 is 14.3 Å². The summed E-state index contributed by atoms with van der Waals surface area (Å²) < 4.78 is 12.7. The first-order valence-corrected chi connectivity index (χ1v) is 12.6. The van der Waals surface area contributed by atoms with Crippen LogP contribution in [0.25, 0.3) is 22.3 Å². The summed E-state index contributed by atoms with van der Waals surface area (Å²) in [7, 11) is 0. The summed E-state index contributed by atoms with van der Waals surface area (Å²) in [5, 5.41) is 5.40. The molecular weight excluding hydrogens is 504 g/mol. The zero-order valence-electron chi connectivity index (χ0n) is 21.7. The zero-order valence-corrected chi connectivity index (χ0v) is 22.5. The minimum atomic E-state index is -0.619. The number of amides is 1. The molecule has 0 aliphatic heterocycles. The van der Waals surface area contributed by atoms with Crippen molar-refractivity contribution in [3.8, 4) is 22.9 Å². The molecule has 4 rings (SSSR count). The van der Waals surface area contributed by atoms with Crippen LogP contribution in [0.15, 0.2) is 64.5 Å². The molecule has 0 saturated carbocycles. The molecule has 1 heterocycles. The fraction of sp³-hybridized carbons (Fsp3) is 0.241. The van der Waals surface area contributed by atoms with E-state index in [1.54, 1.807) is 36.4 Å². The maximum Gasteiger partial charge on any atom is 0.282 e. The van der Waals surface area contributed by atoms with E-state index in [1.165, 1.54) is 10.9 Å². The molecule has 9 heteroatoms. The average Bonchev–Trinajstić information content (AvgIpc) is 2.87. The van der Waals surface area contributed by atoms with Gasteiger partial charge in [-0.1, -0.05) is 37.6 Å². The summed E-state index contributed by atoms with van der Waals surface area (Å²) in [6.45, 7) is 8.30. The molecule has 8 nitrogen and oxygen atoms in total. The number of aryl methyl sites for hydroxylation is 1. The average molecular weight is 533 g/mol. The highest BCUT2D eigenvalue weighted by Gasteiger charge is 2.18. The molecule has 0 unspecified atom stereocenters. The van der Waals surface area contributed by atoms with E-state index < -0.39 is 5.91 Å². The summed E-state index contributed by atoms with van der Waals surface area (Å²) in [5.41, 5.74) is 8.58. The summed E-state index contributed by atoms with van der Waals surface area (Å²) in [6.07, 6.45) is 1.46. The van der Waals surface area contributed by atoms with Gasteiger partial charge in [0.15, 0.2) is 12.4 Å². The van der Waals surface area contributed by atoms with Crippen LogP contribution in [0.5, 0.6) is 11.5 Å². The lowest BCUT2D eigenvalue weighted by molar-refractivity contribution is -0.119. The van der Waals surface area contributed by atoms with E-state index >= 15 is 0 Å². The minimum absolute atomic E-state index is 0.177. The van der Waals surface area contributed by atoms with E-state index in [0.717, 1.165) is 22.4 Å². The Morgan fingerprint density at radius 3 is 2.61 bits per heavy atom. The molecule has 196 valence electrons. The molecule has 0 bridgehead atoms. The number of ether oxygens (including phenoxy) is 2. The molecule has 38 heavy (non-hydrogen) atoms. The van der Waals surface area contributed by atoms with Gasteiger partial charge in [0.1, 0.15) is 11.5 Å². The van der Waals surface area contributed by atoms with E-state index in [-0.39, 0.29) is 18.1 Å². The molecule has 0 saturated heterocycles. The number of hydrogen-bond acceptors (Lipinski definition) is 6. The molecular formula is C29H29ClN4O4. The van der Waals surface area contributed by atoms with Crippen molar-refractivity contribution in [1.82, 2.24) is 9.66 Å². The number of rotatable bonds is 9. The number of nitrogens with two attached hydrogens (primary N) is 1. The first kappa shape index (κ1) is 26.9. The Kier molecular flexibility index (Phi) is 8.12. The lowest BCUT2D eigenvalue weighted by Gasteiger charge is -2.18. The predicted octanol–water partition coefficient (Wildman–Crippen LogP) is 5.29. The van der Waals surface area contributed by atoms with Crippen LogP contribution in [0.3, 0.4) is 0 Å². The van der Waals surface area contributed by atoms with Crippen molar-refractivity contribution in [3.63, 3.8) is 0 Å². The van der Waals surface area contributed by atoms with Crippen LogP contribution < -0.4 is 20.8 Å². The molecule has 0 fully saturated rings. The predicted molar refractivity (Wildman–Crippen MR) is 151 cm³/mol. The lowest BCUT2D eigenvalue weighted by atomic mass is 9.96. The van der Waals surface area contributed by atoms with Gasteiger partial charge in [-0.3, -0.25) is 9.59 Å². The van der Waals surface area contributed by atoms with Gasteiger partial charge in [0.2, 0.25) is 0 Å². The molecule has 0 spiro atoms. The van der Waals surface area contributed by atoms with Crippen molar-refractivity contribution in [3.05, 3.63) is 86.7 Å². The Morgan fingerprint density at radius 2 is 1.89 bits per heavy atom. The van der Waals surface area contributed by atoms with E-state index in [1.807, 2.05) is 32.0 Å². The minimum Gasteiger partial charge on any atom is -0.494 e. The summed E-state index contributed by atoms with van der Waals surface area (Å²) in [5.74, 6) is 1.09. The number of para-hydroxylation sites is 1. The van der Waals surface area contributed by atoms with Crippen molar-refractivity contribution in [2.45, 2.75) is 33.6 Å². The van der Waals surface area contributed by atoms with Crippen LogP contribution in [-0.2, 0) is 4.79 Å². The molecule has 0 atom stereocenters. The van der Waals surface area contributed by atoms with Gasteiger partial charge in [-0.25, -0.2) is 4.98 Å². The number of primary amides is 1. The van der Waals surface area contributed by atoms with Crippen molar-refractivity contribution in [2.24, 2.45) is 10.8 Å². The second-order valence-electron chi connectivity index (χ2n) is 9.04. The van der Waals surface area contributed by atoms with Gasteiger partial charge in [0.25, 0.3) is 11.5 Å². The standard InChI is InChI=1S/C29H29ClN4O4/c1-5-37-26-12-18(4)23(14-22(26)17(2)3)28-33-24-9-7-6-8-21(24)29(36)34(28)32-15-19-13-20(30)10-11-25(19)38-16-27(31)35/h6-15,17H,5,16H2,1-4H3,(H2,31,35). The Balaban J connectivity index is 1.94. The topological polar surface area (TPSA) is 109 Å². The van der Waals surface area contributed by atoms with Gasteiger partial charge in [0, 0.05) is 16.1 Å². The second-order valence-corrected chi connectivity index (χ2v) is 9.48. The van der Waals surface area contributed by atoms with Gasteiger partial charge < -0.3 is 15.2 Å². The number of aromatic nitrogens is 2.